The van der Waals surface area contributed by atoms with Crippen LogP contribution in [0, 0.1) is 0 Å². The molecule has 5 N–H and O–H groups in total. The van der Waals surface area contributed by atoms with Crippen molar-refractivity contribution >= 4 is 68.9 Å². The van der Waals surface area contributed by atoms with Crippen molar-refractivity contribution in [3.63, 3.8) is 0 Å². The average molecular weight is 645 g/mol. The molecule has 0 aliphatic carbocycles. The number of pyridine rings is 1. The molecule has 0 saturated carbocycles. The number of amides is 3. The Hall–Kier alpha value is -2.87. The van der Waals surface area contributed by atoms with E-state index in [0.29, 0.717) is 17.2 Å². The highest BCUT2D eigenvalue weighted by atomic mass is 79.9. The van der Waals surface area contributed by atoms with Crippen molar-refractivity contribution in [3.05, 3.63) is 77.1 Å². The van der Waals surface area contributed by atoms with Crippen LogP contribution < -0.4 is 20.7 Å². The molecule has 1 heterocycles. The molecule has 0 spiro atoms. The number of carbonyl (C=O) groups excluding carboxylic acids is 2. The standard InChI is InChI=1S/C21H16ClF3N4O3.2BrH.H2O/c1-26-19(30)18-11-15(8-9-27-18)32-14-5-2-12(3-6-14)28-20(31)29-13-4-7-17(22)16(10-13)21(23,24)25;;;/h2-11H,1H3,(H,26,30)(H2,28,29,31);2*1H;1H2. The van der Waals surface area contributed by atoms with Crippen molar-refractivity contribution in [2.75, 3.05) is 17.7 Å². The molecule has 0 aliphatic rings. The maximum Gasteiger partial charge on any atom is 0.417 e. The summed E-state index contributed by atoms with van der Waals surface area (Å²) in [6.45, 7) is 0. The number of anilines is 2. The highest BCUT2D eigenvalue weighted by molar-refractivity contribution is 8.93. The lowest BCUT2D eigenvalue weighted by atomic mass is 10.2. The molecule has 2 aromatic carbocycles. The van der Waals surface area contributed by atoms with Crippen LogP contribution in [0.5, 0.6) is 11.5 Å². The molecule has 14 heteroatoms. The monoisotopic (exact) mass is 642 g/mol. The van der Waals surface area contributed by atoms with E-state index in [1.807, 2.05) is 0 Å². The van der Waals surface area contributed by atoms with Crippen LogP contribution in [0.15, 0.2) is 60.8 Å². The molecule has 8 nitrogen and oxygen atoms in total. The van der Waals surface area contributed by atoms with Gasteiger partial charge in [0.05, 0.1) is 10.6 Å². The lowest BCUT2D eigenvalue weighted by Gasteiger charge is -2.12. The number of hydrogen-bond acceptors (Lipinski definition) is 4. The van der Waals surface area contributed by atoms with Gasteiger partial charge in [-0.3, -0.25) is 9.78 Å². The molecule has 0 atom stereocenters. The number of ether oxygens (including phenoxy) is 1. The SMILES string of the molecule is Br.Br.CNC(=O)c1cc(Oc2ccc(NC(=O)Nc3ccc(Cl)c(C(F)(F)F)c3)cc2)ccn1.O. The van der Waals surface area contributed by atoms with Crippen molar-refractivity contribution in [1.82, 2.24) is 10.3 Å². The summed E-state index contributed by atoms with van der Waals surface area (Å²) in [6, 6.07) is 11.6. The van der Waals surface area contributed by atoms with Crippen LogP contribution in [0.25, 0.3) is 0 Å². The molecular weight excluding hydrogens is 625 g/mol. The minimum atomic E-state index is -4.64. The normalized spacial score (nSPS) is 9.97. The fourth-order valence-electron chi connectivity index (χ4n) is 2.58. The Bertz CT molecular complexity index is 1150. The van der Waals surface area contributed by atoms with E-state index >= 15 is 0 Å². The minimum Gasteiger partial charge on any atom is -0.457 e. The van der Waals surface area contributed by atoms with E-state index < -0.39 is 22.8 Å². The summed E-state index contributed by atoms with van der Waals surface area (Å²) in [5.74, 6) is 0.460. The maximum atomic E-state index is 12.9. The topological polar surface area (TPSA) is 124 Å². The number of rotatable bonds is 5. The zero-order valence-electron chi connectivity index (χ0n) is 17.8. The fourth-order valence-corrected chi connectivity index (χ4v) is 2.81. The molecule has 3 amide bonds. The van der Waals surface area contributed by atoms with Gasteiger partial charge in [-0.25, -0.2) is 4.79 Å². The van der Waals surface area contributed by atoms with Crippen molar-refractivity contribution < 1.29 is 33.0 Å². The fraction of sp³-hybridized carbons (Fsp3) is 0.0952. The largest absolute Gasteiger partial charge is 0.457 e. The maximum absolute atomic E-state index is 12.9. The van der Waals surface area contributed by atoms with Gasteiger partial charge in [-0.1, -0.05) is 11.6 Å². The van der Waals surface area contributed by atoms with Gasteiger partial charge in [-0.2, -0.15) is 13.2 Å². The molecule has 0 unspecified atom stereocenters. The zero-order valence-corrected chi connectivity index (χ0v) is 22.0. The number of benzene rings is 2. The Kier molecular flexibility index (Phi) is 12.7. The van der Waals surface area contributed by atoms with Gasteiger partial charge in [0.25, 0.3) is 5.91 Å². The van der Waals surface area contributed by atoms with Crippen LogP contribution in [0.1, 0.15) is 16.1 Å². The Labute approximate surface area is 224 Å². The van der Waals surface area contributed by atoms with Gasteiger partial charge < -0.3 is 26.2 Å². The summed E-state index contributed by atoms with van der Waals surface area (Å²) in [5.41, 5.74) is -0.547. The highest BCUT2D eigenvalue weighted by Crippen LogP contribution is 2.36. The molecule has 0 fully saturated rings. The predicted molar refractivity (Wildman–Crippen MR) is 137 cm³/mol. The Morgan fingerprint density at radius 3 is 2.11 bits per heavy atom. The number of alkyl halides is 3. The van der Waals surface area contributed by atoms with Crippen LogP contribution in [0.4, 0.5) is 29.3 Å². The smallest absolute Gasteiger partial charge is 0.417 e. The summed E-state index contributed by atoms with van der Waals surface area (Å²) in [6.07, 6.45) is -3.21. The molecule has 1 aromatic heterocycles. The molecule has 0 aliphatic heterocycles. The molecule has 35 heavy (non-hydrogen) atoms. The number of urea groups is 1. The molecule has 0 saturated heterocycles. The van der Waals surface area contributed by atoms with E-state index in [2.05, 4.69) is 20.9 Å². The first kappa shape index (κ1) is 32.1. The van der Waals surface area contributed by atoms with Gasteiger partial charge in [0.1, 0.15) is 17.2 Å². The Morgan fingerprint density at radius 2 is 1.51 bits per heavy atom. The molecule has 3 aromatic rings. The van der Waals surface area contributed by atoms with E-state index in [1.54, 1.807) is 30.3 Å². The second-order valence-corrected chi connectivity index (χ2v) is 6.76. The number of nitrogens with zero attached hydrogens (tertiary/aromatic N) is 1. The van der Waals surface area contributed by atoms with Gasteiger partial charge in [0, 0.05) is 30.7 Å². The van der Waals surface area contributed by atoms with Crippen LogP contribution in [0.2, 0.25) is 5.02 Å². The second kappa shape index (κ2) is 13.9. The first-order valence-electron chi connectivity index (χ1n) is 9.06. The van der Waals surface area contributed by atoms with E-state index in [4.69, 9.17) is 16.3 Å². The summed E-state index contributed by atoms with van der Waals surface area (Å²) in [5, 5.41) is 6.83. The molecule has 3 rings (SSSR count). The summed E-state index contributed by atoms with van der Waals surface area (Å²) < 4.78 is 44.5. The van der Waals surface area contributed by atoms with Crippen molar-refractivity contribution in [1.29, 1.82) is 0 Å². The molecule has 0 radical (unpaired) electrons. The van der Waals surface area contributed by atoms with E-state index in [-0.39, 0.29) is 56.7 Å². The summed E-state index contributed by atoms with van der Waals surface area (Å²) in [7, 11) is 1.49. The molecule has 0 bridgehead atoms. The van der Waals surface area contributed by atoms with Gasteiger partial charge in [-0.05, 0) is 48.5 Å². The summed E-state index contributed by atoms with van der Waals surface area (Å²) >= 11 is 5.57. The lowest BCUT2D eigenvalue weighted by molar-refractivity contribution is -0.137. The predicted octanol–water partition coefficient (Wildman–Crippen LogP) is 5.88. The van der Waals surface area contributed by atoms with Gasteiger partial charge in [0.2, 0.25) is 0 Å². The zero-order chi connectivity index (χ0) is 23.3. The quantitative estimate of drug-likeness (QED) is 0.321. The second-order valence-electron chi connectivity index (χ2n) is 6.35. The van der Waals surface area contributed by atoms with E-state index in [9.17, 15) is 22.8 Å². The van der Waals surface area contributed by atoms with Crippen LogP contribution in [-0.4, -0.2) is 29.4 Å². The number of aromatic nitrogens is 1. The van der Waals surface area contributed by atoms with Crippen molar-refractivity contribution in [2.24, 2.45) is 0 Å². The highest BCUT2D eigenvalue weighted by Gasteiger charge is 2.33. The lowest BCUT2D eigenvalue weighted by Crippen LogP contribution is -2.19. The third kappa shape index (κ3) is 9.02. The summed E-state index contributed by atoms with van der Waals surface area (Å²) in [4.78, 5) is 27.7. The third-order valence-electron chi connectivity index (χ3n) is 4.07. The number of hydrogen-bond donors (Lipinski definition) is 3. The van der Waals surface area contributed by atoms with Gasteiger partial charge in [0.15, 0.2) is 0 Å². The molecular formula is C21H20Br2ClF3N4O4. The number of halogens is 6. The van der Waals surface area contributed by atoms with E-state index in [1.165, 1.54) is 25.4 Å². The minimum absolute atomic E-state index is 0. The van der Waals surface area contributed by atoms with Crippen LogP contribution in [0.3, 0.4) is 0 Å². The van der Waals surface area contributed by atoms with Crippen LogP contribution >= 0.6 is 45.6 Å². The Balaban J connectivity index is 0.00000385. The molecule has 190 valence electrons. The first-order chi connectivity index (χ1) is 15.2. The van der Waals surface area contributed by atoms with Crippen molar-refractivity contribution in [2.45, 2.75) is 6.18 Å². The van der Waals surface area contributed by atoms with Crippen molar-refractivity contribution in [3.8, 4) is 11.5 Å². The van der Waals surface area contributed by atoms with Gasteiger partial charge >= 0.3 is 12.2 Å². The van der Waals surface area contributed by atoms with Gasteiger partial charge in [-0.15, -0.1) is 34.0 Å². The van der Waals surface area contributed by atoms with E-state index in [0.717, 1.165) is 12.1 Å². The number of carbonyl (C=O) groups is 2. The van der Waals surface area contributed by atoms with Crippen LogP contribution in [-0.2, 0) is 6.18 Å². The number of nitrogens with one attached hydrogen (secondary N) is 3. The third-order valence-corrected chi connectivity index (χ3v) is 4.40. The first-order valence-corrected chi connectivity index (χ1v) is 9.44. The average Bonchev–Trinajstić information content (AvgIpc) is 2.75. The Morgan fingerprint density at radius 1 is 0.914 bits per heavy atom.